The van der Waals surface area contributed by atoms with Gasteiger partial charge in [-0.25, -0.2) is 0 Å². The molecule has 0 aliphatic carbocycles. The van der Waals surface area contributed by atoms with E-state index in [0.717, 1.165) is 16.9 Å². The molecule has 1 rings (SSSR count). The van der Waals surface area contributed by atoms with Crippen molar-refractivity contribution in [2.75, 3.05) is 14.2 Å². The van der Waals surface area contributed by atoms with Crippen LogP contribution in [0.3, 0.4) is 0 Å². The van der Waals surface area contributed by atoms with Crippen molar-refractivity contribution in [3.63, 3.8) is 0 Å². The highest BCUT2D eigenvalue weighted by Crippen LogP contribution is 2.36. The van der Waals surface area contributed by atoms with Crippen LogP contribution in [0, 0.1) is 0 Å². The van der Waals surface area contributed by atoms with Crippen molar-refractivity contribution in [1.82, 2.24) is 0 Å². The average Bonchev–Trinajstić information content (AvgIpc) is 2.26. The predicted octanol–water partition coefficient (Wildman–Crippen LogP) is 2.88. The van der Waals surface area contributed by atoms with Crippen molar-refractivity contribution in [2.45, 2.75) is 32.8 Å². The molecule has 1 aromatic rings. The van der Waals surface area contributed by atoms with Gasteiger partial charge in [-0.3, -0.25) is 0 Å². The number of ether oxygens (including phenoxy) is 2. The van der Waals surface area contributed by atoms with E-state index in [1.54, 1.807) is 21.1 Å². The van der Waals surface area contributed by atoms with Crippen molar-refractivity contribution >= 4 is 0 Å². The van der Waals surface area contributed by atoms with Crippen molar-refractivity contribution in [3.05, 3.63) is 23.3 Å². The molecule has 1 atom stereocenters. The lowest BCUT2D eigenvalue weighted by molar-refractivity contribution is 0.194. The Morgan fingerprint density at radius 2 is 1.44 bits per heavy atom. The van der Waals surface area contributed by atoms with E-state index in [1.165, 1.54) is 0 Å². The maximum Gasteiger partial charge on any atom is 0.128 e. The zero-order valence-corrected chi connectivity index (χ0v) is 10.6. The lowest BCUT2D eigenvalue weighted by Crippen LogP contribution is -2.02. The molecule has 3 nitrogen and oxygen atoms in total. The fourth-order valence-electron chi connectivity index (χ4n) is 1.73. The second-order valence-electron chi connectivity index (χ2n) is 4.17. The third kappa shape index (κ3) is 2.47. The van der Waals surface area contributed by atoms with Crippen LogP contribution in [0.4, 0.5) is 0 Å². The summed E-state index contributed by atoms with van der Waals surface area (Å²) in [6, 6.07) is 3.78. The largest absolute Gasteiger partial charge is 0.496 e. The van der Waals surface area contributed by atoms with Gasteiger partial charge in [-0.15, -0.1) is 0 Å². The molecule has 0 amide bonds. The molecule has 0 aliphatic rings. The van der Waals surface area contributed by atoms with Crippen molar-refractivity contribution in [1.29, 1.82) is 0 Å². The summed E-state index contributed by atoms with van der Waals surface area (Å²) in [5.74, 6) is 1.81. The molecule has 0 aliphatic heterocycles. The monoisotopic (exact) mass is 224 g/mol. The van der Waals surface area contributed by atoms with Crippen LogP contribution in [0.25, 0.3) is 0 Å². The lowest BCUT2D eigenvalue weighted by Gasteiger charge is -2.18. The zero-order valence-electron chi connectivity index (χ0n) is 10.6. The number of hydrogen-bond donors (Lipinski definition) is 1. The molecule has 16 heavy (non-hydrogen) atoms. The standard InChI is InChI=1S/C13H20O3/c1-8(2)10-6-11(9(3)14)13(16-5)7-12(10)15-4/h6-9,14H,1-5H3. The van der Waals surface area contributed by atoms with Crippen LogP contribution in [0.5, 0.6) is 11.5 Å². The number of hydrogen-bond acceptors (Lipinski definition) is 3. The van der Waals surface area contributed by atoms with Gasteiger partial charge in [0.25, 0.3) is 0 Å². The number of benzene rings is 1. The molecule has 3 heteroatoms. The maximum atomic E-state index is 9.68. The molecule has 1 N–H and O–H groups in total. The van der Waals surface area contributed by atoms with Crippen LogP contribution in [0.15, 0.2) is 12.1 Å². The molecule has 0 spiro atoms. The summed E-state index contributed by atoms with van der Waals surface area (Å²) < 4.78 is 10.6. The normalized spacial score (nSPS) is 12.7. The first kappa shape index (κ1) is 12.8. The first-order valence-corrected chi connectivity index (χ1v) is 5.45. The van der Waals surface area contributed by atoms with E-state index >= 15 is 0 Å². The van der Waals surface area contributed by atoms with Gasteiger partial charge in [0.05, 0.1) is 20.3 Å². The van der Waals surface area contributed by atoms with Gasteiger partial charge >= 0.3 is 0 Å². The molecular formula is C13H20O3. The molecule has 1 aromatic carbocycles. The van der Waals surface area contributed by atoms with E-state index in [-0.39, 0.29) is 0 Å². The van der Waals surface area contributed by atoms with Gasteiger partial charge in [-0.2, -0.15) is 0 Å². The molecule has 0 saturated carbocycles. The Bertz CT molecular complexity index is 325. The van der Waals surface area contributed by atoms with Crippen LogP contribution in [-0.4, -0.2) is 19.3 Å². The van der Waals surface area contributed by atoms with Gasteiger partial charge in [0, 0.05) is 11.6 Å². The van der Waals surface area contributed by atoms with E-state index in [1.807, 2.05) is 12.1 Å². The SMILES string of the molecule is COc1cc(OC)c(C(C)O)cc1C(C)C. The highest BCUT2D eigenvalue weighted by atomic mass is 16.5. The minimum absolute atomic E-state index is 0.346. The van der Waals surface area contributed by atoms with Gasteiger partial charge in [0.1, 0.15) is 11.5 Å². The molecule has 0 heterocycles. The zero-order chi connectivity index (χ0) is 12.3. The third-order valence-corrected chi connectivity index (χ3v) is 2.65. The van der Waals surface area contributed by atoms with Gasteiger partial charge in [-0.05, 0) is 24.5 Å². The Labute approximate surface area is 97.0 Å². The lowest BCUT2D eigenvalue weighted by atomic mass is 9.97. The summed E-state index contributed by atoms with van der Waals surface area (Å²) in [6.07, 6.45) is -0.543. The highest BCUT2D eigenvalue weighted by Gasteiger charge is 2.16. The first-order chi connectivity index (χ1) is 7.51. The molecule has 1 unspecified atom stereocenters. The van der Waals surface area contributed by atoms with Crippen molar-refractivity contribution in [2.24, 2.45) is 0 Å². The summed E-state index contributed by atoms with van der Waals surface area (Å²) in [5, 5.41) is 9.68. The predicted molar refractivity (Wildman–Crippen MR) is 64.3 cm³/mol. The van der Waals surface area contributed by atoms with E-state index in [2.05, 4.69) is 13.8 Å². The van der Waals surface area contributed by atoms with Crippen LogP contribution >= 0.6 is 0 Å². The highest BCUT2D eigenvalue weighted by molar-refractivity contribution is 5.48. The van der Waals surface area contributed by atoms with Crippen LogP contribution in [-0.2, 0) is 0 Å². The van der Waals surface area contributed by atoms with Crippen LogP contribution < -0.4 is 9.47 Å². The molecule has 0 saturated heterocycles. The van der Waals surface area contributed by atoms with Crippen molar-refractivity contribution < 1.29 is 14.6 Å². The van der Waals surface area contributed by atoms with Gasteiger partial charge in [-0.1, -0.05) is 13.8 Å². The number of aliphatic hydroxyl groups is 1. The summed E-state index contributed by atoms with van der Waals surface area (Å²) in [6.45, 7) is 5.92. The molecule has 0 fully saturated rings. The smallest absolute Gasteiger partial charge is 0.128 e. The molecule has 90 valence electrons. The summed E-state index contributed by atoms with van der Waals surface area (Å²) in [5.41, 5.74) is 1.88. The van der Waals surface area contributed by atoms with Gasteiger partial charge < -0.3 is 14.6 Å². The minimum atomic E-state index is -0.543. The molecular weight excluding hydrogens is 204 g/mol. The number of aliphatic hydroxyl groups excluding tert-OH is 1. The summed E-state index contributed by atoms with van der Waals surface area (Å²) in [4.78, 5) is 0. The second kappa shape index (κ2) is 5.21. The van der Waals surface area contributed by atoms with Gasteiger partial charge in [0.15, 0.2) is 0 Å². The fourth-order valence-corrected chi connectivity index (χ4v) is 1.73. The Hall–Kier alpha value is -1.22. The number of methoxy groups -OCH3 is 2. The van der Waals surface area contributed by atoms with E-state index in [0.29, 0.717) is 11.7 Å². The average molecular weight is 224 g/mol. The Kier molecular flexibility index (Phi) is 4.19. The van der Waals surface area contributed by atoms with Gasteiger partial charge in [0.2, 0.25) is 0 Å². The summed E-state index contributed by atoms with van der Waals surface area (Å²) >= 11 is 0. The Morgan fingerprint density at radius 1 is 0.938 bits per heavy atom. The van der Waals surface area contributed by atoms with Crippen LogP contribution in [0.2, 0.25) is 0 Å². The van der Waals surface area contributed by atoms with Crippen LogP contribution in [0.1, 0.15) is 43.9 Å². The molecule has 0 radical (unpaired) electrons. The van der Waals surface area contributed by atoms with E-state index in [9.17, 15) is 5.11 Å². The Morgan fingerprint density at radius 3 is 1.81 bits per heavy atom. The number of rotatable bonds is 4. The first-order valence-electron chi connectivity index (χ1n) is 5.45. The van der Waals surface area contributed by atoms with E-state index < -0.39 is 6.10 Å². The Balaban J connectivity index is 3.35. The summed E-state index contributed by atoms with van der Waals surface area (Å²) in [7, 11) is 3.23. The fraction of sp³-hybridized carbons (Fsp3) is 0.538. The topological polar surface area (TPSA) is 38.7 Å². The third-order valence-electron chi connectivity index (χ3n) is 2.65. The van der Waals surface area contributed by atoms with E-state index in [4.69, 9.17) is 9.47 Å². The van der Waals surface area contributed by atoms with Crippen molar-refractivity contribution in [3.8, 4) is 11.5 Å². The second-order valence-corrected chi connectivity index (χ2v) is 4.17. The molecule has 0 bridgehead atoms. The quantitative estimate of drug-likeness (QED) is 0.854. The molecule has 0 aromatic heterocycles. The maximum absolute atomic E-state index is 9.68. The minimum Gasteiger partial charge on any atom is -0.496 e.